The van der Waals surface area contributed by atoms with Crippen LogP contribution in [0.25, 0.3) is 0 Å². The fraction of sp³-hybridized carbons (Fsp3) is 0.300. The van der Waals surface area contributed by atoms with E-state index in [4.69, 9.17) is 6.42 Å². The van der Waals surface area contributed by atoms with Gasteiger partial charge in [-0.2, -0.15) is 0 Å². The lowest BCUT2D eigenvalue weighted by Crippen LogP contribution is -2.10. The molecular formula is C10H12N2. The highest BCUT2D eigenvalue weighted by atomic mass is 15.1. The fourth-order valence-corrected chi connectivity index (χ4v) is 0.904. The second kappa shape index (κ2) is 3.77. The average molecular weight is 160 g/mol. The van der Waals surface area contributed by atoms with Crippen molar-refractivity contribution in [1.29, 1.82) is 0 Å². The predicted octanol–water partition coefficient (Wildman–Crippen LogP) is 1.32. The second-order valence-electron chi connectivity index (χ2n) is 2.80. The lowest BCUT2D eigenvalue weighted by atomic mass is 10.2. The minimum Gasteiger partial charge on any atom is -0.363 e. The Morgan fingerprint density at radius 1 is 1.50 bits per heavy atom. The third kappa shape index (κ3) is 2.00. The minimum atomic E-state index is 0.653. The summed E-state index contributed by atoms with van der Waals surface area (Å²) >= 11 is 0. The van der Waals surface area contributed by atoms with E-state index in [-0.39, 0.29) is 0 Å². The first kappa shape index (κ1) is 8.61. The van der Waals surface area contributed by atoms with Crippen LogP contribution in [0.1, 0.15) is 5.56 Å². The zero-order chi connectivity index (χ0) is 8.97. The van der Waals surface area contributed by atoms with Crippen LogP contribution in [0.15, 0.2) is 18.3 Å². The molecule has 62 valence electrons. The molecule has 0 aromatic carbocycles. The maximum Gasteiger partial charge on any atom is 0.127 e. The van der Waals surface area contributed by atoms with E-state index in [2.05, 4.69) is 10.9 Å². The van der Waals surface area contributed by atoms with E-state index in [0.29, 0.717) is 6.42 Å². The molecule has 12 heavy (non-hydrogen) atoms. The van der Waals surface area contributed by atoms with E-state index in [0.717, 1.165) is 11.4 Å². The highest BCUT2D eigenvalue weighted by molar-refractivity contribution is 5.37. The number of terminal acetylenes is 1. The summed E-state index contributed by atoms with van der Waals surface area (Å²) in [5.74, 6) is 3.53. The molecule has 0 aliphatic carbocycles. The van der Waals surface area contributed by atoms with E-state index < -0.39 is 0 Å². The molecule has 0 bridgehead atoms. The molecule has 0 saturated heterocycles. The zero-order valence-corrected chi connectivity index (χ0v) is 7.41. The molecule has 0 saturated carbocycles. The Hall–Kier alpha value is -1.49. The summed E-state index contributed by atoms with van der Waals surface area (Å²) in [6.07, 6.45) is 7.64. The summed E-state index contributed by atoms with van der Waals surface area (Å²) in [5, 5.41) is 0. The molecule has 0 atom stereocenters. The Labute approximate surface area is 73.2 Å². The van der Waals surface area contributed by atoms with Crippen molar-refractivity contribution in [2.24, 2.45) is 0 Å². The van der Waals surface area contributed by atoms with Crippen LogP contribution >= 0.6 is 0 Å². The summed E-state index contributed by atoms with van der Waals surface area (Å²) in [4.78, 5) is 6.19. The SMILES string of the molecule is C#CCc1ccc(N(C)C)nc1. The topological polar surface area (TPSA) is 16.1 Å². The van der Waals surface area contributed by atoms with Crippen molar-refractivity contribution in [1.82, 2.24) is 4.98 Å². The molecule has 2 nitrogen and oxygen atoms in total. The van der Waals surface area contributed by atoms with Gasteiger partial charge in [0.05, 0.1) is 0 Å². The van der Waals surface area contributed by atoms with Crippen LogP contribution in [-0.2, 0) is 6.42 Å². The summed E-state index contributed by atoms with van der Waals surface area (Å²) in [6, 6.07) is 3.97. The Morgan fingerprint density at radius 2 is 2.25 bits per heavy atom. The molecule has 0 spiro atoms. The number of aromatic nitrogens is 1. The predicted molar refractivity (Wildman–Crippen MR) is 51.1 cm³/mol. The van der Waals surface area contributed by atoms with Crippen molar-refractivity contribution in [2.45, 2.75) is 6.42 Å². The van der Waals surface area contributed by atoms with Gasteiger partial charge in [0, 0.05) is 26.7 Å². The minimum absolute atomic E-state index is 0.653. The third-order valence-corrected chi connectivity index (χ3v) is 1.57. The first-order valence-electron chi connectivity index (χ1n) is 3.79. The molecule has 0 N–H and O–H groups in total. The van der Waals surface area contributed by atoms with Crippen LogP contribution in [0.3, 0.4) is 0 Å². The van der Waals surface area contributed by atoms with Crippen LogP contribution in [0, 0.1) is 12.3 Å². The van der Waals surface area contributed by atoms with Crippen LogP contribution < -0.4 is 4.90 Å². The molecule has 0 radical (unpaired) electrons. The van der Waals surface area contributed by atoms with Gasteiger partial charge in [0.2, 0.25) is 0 Å². The van der Waals surface area contributed by atoms with Gasteiger partial charge in [-0.15, -0.1) is 12.3 Å². The molecule has 0 aliphatic rings. The Bertz CT molecular complexity index is 280. The number of hydrogen-bond acceptors (Lipinski definition) is 2. The zero-order valence-electron chi connectivity index (χ0n) is 7.41. The quantitative estimate of drug-likeness (QED) is 0.607. The Morgan fingerprint density at radius 3 is 2.67 bits per heavy atom. The first-order valence-corrected chi connectivity index (χ1v) is 3.79. The van der Waals surface area contributed by atoms with Crippen LogP contribution in [0.4, 0.5) is 5.82 Å². The van der Waals surface area contributed by atoms with Gasteiger partial charge in [-0.3, -0.25) is 0 Å². The Kier molecular flexibility index (Phi) is 2.71. The van der Waals surface area contributed by atoms with Gasteiger partial charge in [-0.1, -0.05) is 6.07 Å². The van der Waals surface area contributed by atoms with Gasteiger partial charge in [0.25, 0.3) is 0 Å². The highest BCUT2D eigenvalue weighted by Gasteiger charge is 1.95. The molecule has 1 aromatic heterocycles. The number of hydrogen-bond donors (Lipinski definition) is 0. The van der Waals surface area contributed by atoms with E-state index in [9.17, 15) is 0 Å². The maximum absolute atomic E-state index is 5.17. The van der Waals surface area contributed by atoms with Crippen LogP contribution in [0.2, 0.25) is 0 Å². The first-order chi connectivity index (χ1) is 5.74. The van der Waals surface area contributed by atoms with E-state index in [1.54, 1.807) is 0 Å². The molecule has 0 aliphatic heterocycles. The van der Waals surface area contributed by atoms with Crippen molar-refractivity contribution < 1.29 is 0 Å². The monoisotopic (exact) mass is 160 g/mol. The van der Waals surface area contributed by atoms with E-state index >= 15 is 0 Å². The number of anilines is 1. The maximum atomic E-state index is 5.17. The normalized spacial score (nSPS) is 9.08. The van der Waals surface area contributed by atoms with Crippen molar-refractivity contribution in [3.8, 4) is 12.3 Å². The van der Waals surface area contributed by atoms with Gasteiger partial charge < -0.3 is 4.90 Å². The molecule has 0 unspecified atom stereocenters. The van der Waals surface area contributed by atoms with Gasteiger partial charge >= 0.3 is 0 Å². The second-order valence-corrected chi connectivity index (χ2v) is 2.80. The summed E-state index contributed by atoms with van der Waals surface area (Å²) in [7, 11) is 3.92. The lowest BCUT2D eigenvalue weighted by molar-refractivity contribution is 1.06. The Balaban J connectivity index is 2.80. The van der Waals surface area contributed by atoms with E-state index in [1.165, 1.54) is 0 Å². The smallest absolute Gasteiger partial charge is 0.127 e. The molecule has 0 fully saturated rings. The van der Waals surface area contributed by atoms with Gasteiger partial charge in [0.15, 0.2) is 0 Å². The average Bonchev–Trinajstić information content (AvgIpc) is 2.06. The molecule has 1 rings (SSSR count). The van der Waals surface area contributed by atoms with Crippen molar-refractivity contribution >= 4 is 5.82 Å². The third-order valence-electron chi connectivity index (χ3n) is 1.57. The lowest BCUT2D eigenvalue weighted by Gasteiger charge is -2.10. The van der Waals surface area contributed by atoms with Crippen molar-refractivity contribution in [3.63, 3.8) is 0 Å². The molecular weight excluding hydrogens is 148 g/mol. The van der Waals surface area contributed by atoms with Crippen LogP contribution in [0.5, 0.6) is 0 Å². The summed E-state index contributed by atoms with van der Waals surface area (Å²) < 4.78 is 0. The van der Waals surface area contributed by atoms with Gasteiger partial charge in [-0.05, 0) is 11.6 Å². The fourth-order valence-electron chi connectivity index (χ4n) is 0.904. The molecule has 2 heteroatoms. The molecule has 1 aromatic rings. The van der Waals surface area contributed by atoms with Gasteiger partial charge in [-0.25, -0.2) is 4.98 Å². The van der Waals surface area contributed by atoms with Crippen molar-refractivity contribution in [2.75, 3.05) is 19.0 Å². The highest BCUT2D eigenvalue weighted by Crippen LogP contribution is 2.07. The summed E-state index contributed by atoms with van der Waals surface area (Å²) in [5.41, 5.74) is 1.09. The standard InChI is InChI=1S/C10H12N2/c1-4-5-9-6-7-10(11-8-9)12(2)3/h1,6-8H,5H2,2-3H3. The molecule has 0 amide bonds. The summed E-state index contributed by atoms with van der Waals surface area (Å²) in [6.45, 7) is 0. The van der Waals surface area contributed by atoms with Gasteiger partial charge in [0.1, 0.15) is 5.82 Å². The van der Waals surface area contributed by atoms with Crippen molar-refractivity contribution in [3.05, 3.63) is 23.9 Å². The van der Waals surface area contributed by atoms with Crippen LogP contribution in [-0.4, -0.2) is 19.1 Å². The number of nitrogens with zero attached hydrogens (tertiary/aromatic N) is 2. The number of rotatable bonds is 2. The number of pyridine rings is 1. The van der Waals surface area contributed by atoms with E-state index in [1.807, 2.05) is 37.3 Å². The molecule has 1 heterocycles. The largest absolute Gasteiger partial charge is 0.363 e.